The van der Waals surface area contributed by atoms with E-state index in [1.807, 2.05) is 19.9 Å². The summed E-state index contributed by atoms with van der Waals surface area (Å²) in [5, 5.41) is 27.2. The van der Waals surface area contributed by atoms with Gasteiger partial charge in [0.1, 0.15) is 30.5 Å². The Labute approximate surface area is 172 Å². The molecule has 4 rings (SSSR count). The number of nitrogens with one attached hydrogen (secondary N) is 2. The van der Waals surface area contributed by atoms with E-state index in [0.717, 1.165) is 5.56 Å². The highest BCUT2D eigenvalue weighted by molar-refractivity contribution is 5.82. The Morgan fingerprint density at radius 3 is 2.80 bits per heavy atom. The first-order valence-electron chi connectivity index (χ1n) is 9.85. The van der Waals surface area contributed by atoms with Gasteiger partial charge in [0, 0.05) is 19.1 Å². The average molecular weight is 416 g/mol. The molecule has 9 nitrogen and oxygen atoms in total. The summed E-state index contributed by atoms with van der Waals surface area (Å²) in [5.41, 5.74) is 1.71. The third-order valence-corrected chi connectivity index (χ3v) is 5.05. The molecule has 1 aliphatic heterocycles. The van der Waals surface area contributed by atoms with Gasteiger partial charge in [-0.25, -0.2) is 19.3 Å². The van der Waals surface area contributed by atoms with Gasteiger partial charge >= 0.3 is 0 Å². The van der Waals surface area contributed by atoms with Crippen LogP contribution in [0.25, 0.3) is 11.2 Å². The third kappa shape index (κ3) is 4.12. The molecule has 1 aromatic carbocycles. The van der Waals surface area contributed by atoms with Crippen molar-refractivity contribution in [3.05, 3.63) is 48.3 Å². The SMILES string of the molecule is CC(C)NC[C@H]1O[C@@H](n2cnc3c(NCc4cccc(F)c4)ncnc32)[C@H](O)[C@@H]1O. The van der Waals surface area contributed by atoms with Crippen molar-refractivity contribution in [1.82, 2.24) is 24.8 Å². The molecule has 0 radical (unpaired) electrons. The highest BCUT2D eigenvalue weighted by atomic mass is 19.1. The molecule has 0 unspecified atom stereocenters. The lowest BCUT2D eigenvalue weighted by Gasteiger charge is -2.17. The van der Waals surface area contributed by atoms with Crippen molar-refractivity contribution in [2.24, 2.45) is 0 Å². The van der Waals surface area contributed by atoms with Gasteiger partial charge in [0.15, 0.2) is 23.2 Å². The second-order valence-electron chi connectivity index (χ2n) is 7.64. The van der Waals surface area contributed by atoms with E-state index < -0.39 is 24.5 Å². The van der Waals surface area contributed by atoms with Gasteiger partial charge in [-0.15, -0.1) is 0 Å². The molecule has 1 aliphatic rings. The van der Waals surface area contributed by atoms with Crippen LogP contribution in [-0.4, -0.2) is 60.6 Å². The second-order valence-corrected chi connectivity index (χ2v) is 7.64. The number of fused-ring (bicyclic) bond motifs is 1. The maximum Gasteiger partial charge on any atom is 0.167 e. The second kappa shape index (κ2) is 8.60. The van der Waals surface area contributed by atoms with Crippen LogP contribution in [0.2, 0.25) is 0 Å². The van der Waals surface area contributed by atoms with Crippen molar-refractivity contribution in [1.29, 1.82) is 0 Å². The molecule has 0 bridgehead atoms. The predicted molar refractivity (Wildman–Crippen MR) is 108 cm³/mol. The number of aliphatic hydroxyl groups excluding tert-OH is 2. The molecule has 4 N–H and O–H groups in total. The fourth-order valence-corrected chi connectivity index (χ4v) is 3.48. The van der Waals surface area contributed by atoms with Crippen LogP contribution in [0.3, 0.4) is 0 Å². The number of aromatic nitrogens is 4. The van der Waals surface area contributed by atoms with E-state index in [1.165, 1.54) is 24.8 Å². The summed E-state index contributed by atoms with van der Waals surface area (Å²) in [6.45, 7) is 4.76. The van der Waals surface area contributed by atoms with E-state index >= 15 is 0 Å². The molecule has 10 heteroatoms. The average Bonchev–Trinajstić information content (AvgIpc) is 3.27. The summed E-state index contributed by atoms with van der Waals surface area (Å²) in [6.07, 6.45) is -0.659. The quantitative estimate of drug-likeness (QED) is 0.454. The number of rotatable bonds is 7. The van der Waals surface area contributed by atoms with Crippen molar-refractivity contribution in [3.8, 4) is 0 Å². The number of aliphatic hydroxyl groups is 2. The predicted octanol–water partition coefficient (Wildman–Crippen LogP) is 1.19. The van der Waals surface area contributed by atoms with Crippen LogP contribution in [0.15, 0.2) is 36.9 Å². The number of anilines is 1. The van der Waals surface area contributed by atoms with Crippen molar-refractivity contribution < 1.29 is 19.3 Å². The number of ether oxygens (including phenoxy) is 1. The van der Waals surface area contributed by atoms with E-state index in [0.29, 0.717) is 30.1 Å². The zero-order valence-corrected chi connectivity index (χ0v) is 16.7. The van der Waals surface area contributed by atoms with Gasteiger partial charge in [-0.05, 0) is 17.7 Å². The third-order valence-electron chi connectivity index (χ3n) is 5.05. The minimum atomic E-state index is -1.12. The fourth-order valence-electron chi connectivity index (χ4n) is 3.48. The minimum Gasteiger partial charge on any atom is -0.387 e. The topological polar surface area (TPSA) is 117 Å². The smallest absolute Gasteiger partial charge is 0.167 e. The number of nitrogens with zero attached hydrogens (tertiary/aromatic N) is 4. The molecule has 4 atom stereocenters. The molecular weight excluding hydrogens is 391 g/mol. The van der Waals surface area contributed by atoms with Gasteiger partial charge in [-0.2, -0.15) is 0 Å². The molecule has 1 fully saturated rings. The zero-order valence-electron chi connectivity index (χ0n) is 16.7. The summed E-state index contributed by atoms with van der Waals surface area (Å²) < 4.78 is 20.9. The standard InChI is InChI=1S/C20H25FN6O3/c1-11(2)22-8-14-16(28)17(29)20(30-14)27-10-26-15-18(24-9-25-19(15)27)23-7-12-4-3-5-13(21)6-12/h3-6,9-11,14,16-17,20,22,28-29H,7-8H2,1-2H3,(H,23,24,25)/t14-,16-,17-,20-/m1/s1. The van der Waals surface area contributed by atoms with Crippen molar-refractivity contribution in [2.75, 3.05) is 11.9 Å². The molecular formula is C20H25FN6O3. The Morgan fingerprint density at radius 1 is 1.20 bits per heavy atom. The van der Waals surface area contributed by atoms with Crippen LogP contribution in [0.4, 0.5) is 10.2 Å². The first kappa shape index (κ1) is 20.6. The van der Waals surface area contributed by atoms with Crippen LogP contribution in [0.1, 0.15) is 25.6 Å². The Hall–Kier alpha value is -2.66. The van der Waals surface area contributed by atoms with E-state index in [2.05, 4.69) is 25.6 Å². The number of halogens is 1. The normalized spacial score (nSPS) is 24.1. The summed E-state index contributed by atoms with van der Waals surface area (Å²) in [6, 6.07) is 6.51. The number of hydrogen-bond acceptors (Lipinski definition) is 8. The van der Waals surface area contributed by atoms with Crippen LogP contribution in [0, 0.1) is 5.82 Å². The van der Waals surface area contributed by atoms with E-state index in [9.17, 15) is 14.6 Å². The summed E-state index contributed by atoms with van der Waals surface area (Å²) in [4.78, 5) is 12.9. The first-order chi connectivity index (χ1) is 14.4. The molecule has 3 aromatic rings. The molecule has 160 valence electrons. The summed E-state index contributed by atoms with van der Waals surface area (Å²) >= 11 is 0. The van der Waals surface area contributed by atoms with Crippen LogP contribution >= 0.6 is 0 Å². The Kier molecular flexibility index (Phi) is 5.91. The van der Waals surface area contributed by atoms with Gasteiger partial charge in [-0.3, -0.25) is 4.57 Å². The Morgan fingerprint density at radius 2 is 2.03 bits per heavy atom. The maximum atomic E-state index is 13.4. The van der Waals surface area contributed by atoms with Gasteiger partial charge in [0.2, 0.25) is 0 Å². The van der Waals surface area contributed by atoms with Crippen molar-refractivity contribution >= 4 is 17.0 Å². The lowest BCUT2D eigenvalue weighted by atomic mass is 10.1. The van der Waals surface area contributed by atoms with Gasteiger partial charge in [0.05, 0.1) is 6.33 Å². The number of benzene rings is 1. The number of hydrogen-bond donors (Lipinski definition) is 4. The molecule has 0 saturated carbocycles. The highest BCUT2D eigenvalue weighted by Crippen LogP contribution is 2.32. The molecule has 3 heterocycles. The molecule has 2 aromatic heterocycles. The van der Waals surface area contributed by atoms with Crippen LogP contribution in [0.5, 0.6) is 0 Å². The molecule has 30 heavy (non-hydrogen) atoms. The van der Waals surface area contributed by atoms with Crippen LogP contribution in [-0.2, 0) is 11.3 Å². The van der Waals surface area contributed by atoms with E-state index in [-0.39, 0.29) is 11.9 Å². The monoisotopic (exact) mass is 416 g/mol. The lowest BCUT2D eigenvalue weighted by molar-refractivity contribution is -0.0345. The van der Waals surface area contributed by atoms with Crippen molar-refractivity contribution in [2.45, 2.75) is 51.0 Å². The largest absolute Gasteiger partial charge is 0.387 e. The maximum absolute atomic E-state index is 13.4. The van der Waals surface area contributed by atoms with Crippen LogP contribution < -0.4 is 10.6 Å². The zero-order chi connectivity index (χ0) is 21.3. The molecule has 0 amide bonds. The first-order valence-corrected chi connectivity index (χ1v) is 9.85. The highest BCUT2D eigenvalue weighted by Gasteiger charge is 2.44. The molecule has 0 aliphatic carbocycles. The van der Waals surface area contributed by atoms with Gasteiger partial charge < -0.3 is 25.6 Å². The van der Waals surface area contributed by atoms with Crippen molar-refractivity contribution in [3.63, 3.8) is 0 Å². The van der Waals surface area contributed by atoms with E-state index in [4.69, 9.17) is 4.74 Å². The molecule has 1 saturated heterocycles. The summed E-state index contributed by atoms with van der Waals surface area (Å²) in [7, 11) is 0. The minimum absolute atomic E-state index is 0.227. The summed E-state index contributed by atoms with van der Waals surface area (Å²) in [5.74, 6) is 0.174. The number of imidazole rings is 1. The fraction of sp³-hybridized carbons (Fsp3) is 0.450. The Bertz CT molecular complexity index is 1010. The molecule has 0 spiro atoms. The van der Waals surface area contributed by atoms with Gasteiger partial charge in [0.25, 0.3) is 0 Å². The Balaban J connectivity index is 1.54. The lowest BCUT2D eigenvalue weighted by Crippen LogP contribution is -2.39. The van der Waals surface area contributed by atoms with E-state index in [1.54, 1.807) is 10.6 Å². The van der Waals surface area contributed by atoms with Gasteiger partial charge in [-0.1, -0.05) is 26.0 Å².